The summed E-state index contributed by atoms with van der Waals surface area (Å²) < 4.78 is 0. The number of nitrogens with zero attached hydrogens (tertiary/aromatic N) is 1. The summed E-state index contributed by atoms with van der Waals surface area (Å²) in [6.07, 6.45) is 9.46. The lowest BCUT2D eigenvalue weighted by Gasteiger charge is -2.49. The third-order valence-corrected chi connectivity index (χ3v) is 7.13. The van der Waals surface area contributed by atoms with Crippen molar-refractivity contribution < 1.29 is 4.79 Å². The summed E-state index contributed by atoms with van der Waals surface area (Å²) >= 11 is 0. The Morgan fingerprint density at radius 3 is 2.50 bits per heavy atom. The van der Waals surface area contributed by atoms with E-state index in [1.54, 1.807) is 0 Å². The van der Waals surface area contributed by atoms with Gasteiger partial charge in [-0.2, -0.15) is 0 Å². The van der Waals surface area contributed by atoms with Gasteiger partial charge >= 0.3 is 6.03 Å². The SMILES string of the molecule is CCCNC1(c2ccccc2)CCC2(CC1)CNC(=O)N2CC1CCC1. The molecule has 0 unspecified atom stereocenters. The Morgan fingerprint density at radius 2 is 1.88 bits per heavy atom. The maximum absolute atomic E-state index is 12.5. The smallest absolute Gasteiger partial charge is 0.318 e. The molecule has 4 nitrogen and oxygen atoms in total. The van der Waals surface area contributed by atoms with E-state index in [0.29, 0.717) is 0 Å². The van der Waals surface area contributed by atoms with Crippen LogP contribution >= 0.6 is 0 Å². The van der Waals surface area contributed by atoms with Gasteiger partial charge in [-0.15, -0.1) is 0 Å². The van der Waals surface area contributed by atoms with Crippen molar-refractivity contribution in [2.45, 2.75) is 69.4 Å². The van der Waals surface area contributed by atoms with Crippen LogP contribution in [-0.2, 0) is 5.54 Å². The first-order valence-electron chi connectivity index (χ1n) is 10.5. The number of urea groups is 1. The lowest BCUT2D eigenvalue weighted by Crippen LogP contribution is -2.56. The van der Waals surface area contributed by atoms with Crippen LogP contribution in [0.15, 0.2) is 30.3 Å². The minimum absolute atomic E-state index is 0.0405. The van der Waals surface area contributed by atoms with Gasteiger partial charge in [0.2, 0.25) is 0 Å². The van der Waals surface area contributed by atoms with Crippen molar-refractivity contribution in [1.29, 1.82) is 0 Å². The lowest BCUT2D eigenvalue weighted by atomic mass is 9.68. The Kier molecular flexibility index (Phi) is 4.96. The minimum atomic E-state index is 0.0405. The molecular weight excluding hydrogens is 322 g/mol. The number of amides is 2. The van der Waals surface area contributed by atoms with Crippen molar-refractivity contribution in [2.24, 2.45) is 5.92 Å². The molecule has 1 saturated heterocycles. The quantitative estimate of drug-likeness (QED) is 0.809. The molecule has 142 valence electrons. The van der Waals surface area contributed by atoms with Gasteiger partial charge in [-0.3, -0.25) is 0 Å². The van der Waals surface area contributed by atoms with E-state index in [1.165, 1.54) is 24.8 Å². The van der Waals surface area contributed by atoms with Crippen LogP contribution in [0.25, 0.3) is 0 Å². The van der Waals surface area contributed by atoms with E-state index in [0.717, 1.165) is 57.7 Å². The standard InChI is InChI=1S/C22H33N3O/c1-2-15-24-22(19-9-4-3-5-10-19)13-11-21(12-14-22)17-23-20(26)25(21)16-18-7-6-8-18/h3-5,9-10,18,24H,2,6-8,11-17H2,1H3,(H,23,26). The van der Waals surface area contributed by atoms with Crippen LogP contribution in [0.2, 0.25) is 0 Å². The summed E-state index contributed by atoms with van der Waals surface area (Å²) in [4.78, 5) is 14.7. The van der Waals surface area contributed by atoms with Crippen LogP contribution in [0, 0.1) is 5.92 Å². The first-order chi connectivity index (χ1) is 12.7. The van der Waals surface area contributed by atoms with Gasteiger partial charge in [-0.05, 0) is 63.0 Å². The number of hydrogen-bond donors (Lipinski definition) is 2. The zero-order valence-electron chi connectivity index (χ0n) is 16.1. The summed E-state index contributed by atoms with van der Waals surface area (Å²) in [5.41, 5.74) is 1.51. The summed E-state index contributed by atoms with van der Waals surface area (Å²) in [5.74, 6) is 0.731. The van der Waals surface area contributed by atoms with Crippen molar-refractivity contribution in [2.75, 3.05) is 19.6 Å². The van der Waals surface area contributed by atoms with Crippen molar-refractivity contribution in [1.82, 2.24) is 15.5 Å². The first-order valence-corrected chi connectivity index (χ1v) is 10.5. The van der Waals surface area contributed by atoms with Gasteiger partial charge in [0.1, 0.15) is 0 Å². The van der Waals surface area contributed by atoms with Crippen molar-refractivity contribution in [3.8, 4) is 0 Å². The van der Waals surface area contributed by atoms with Gasteiger partial charge in [-0.1, -0.05) is 43.7 Å². The van der Waals surface area contributed by atoms with Crippen LogP contribution in [0.3, 0.4) is 0 Å². The van der Waals surface area contributed by atoms with E-state index in [1.807, 2.05) is 0 Å². The lowest BCUT2D eigenvalue weighted by molar-refractivity contribution is 0.0570. The number of nitrogens with one attached hydrogen (secondary N) is 2. The summed E-state index contributed by atoms with van der Waals surface area (Å²) in [6, 6.07) is 11.1. The molecular formula is C22H33N3O. The molecule has 1 aromatic carbocycles. The fourth-order valence-electron chi connectivity index (χ4n) is 5.13. The average Bonchev–Trinajstić information content (AvgIpc) is 2.95. The molecule has 2 saturated carbocycles. The second-order valence-electron chi connectivity index (χ2n) is 8.67. The predicted octanol–water partition coefficient (Wildman–Crippen LogP) is 4.02. The Hall–Kier alpha value is -1.55. The van der Waals surface area contributed by atoms with Crippen molar-refractivity contribution in [3.05, 3.63) is 35.9 Å². The van der Waals surface area contributed by atoms with Gasteiger partial charge in [0.25, 0.3) is 0 Å². The molecule has 1 heterocycles. The number of benzene rings is 1. The van der Waals surface area contributed by atoms with E-state index >= 15 is 0 Å². The van der Waals surface area contributed by atoms with Gasteiger partial charge in [-0.25, -0.2) is 4.79 Å². The molecule has 0 radical (unpaired) electrons. The zero-order chi connectivity index (χ0) is 18.0. The fraction of sp³-hybridized carbons (Fsp3) is 0.682. The molecule has 26 heavy (non-hydrogen) atoms. The van der Waals surface area contributed by atoms with Crippen LogP contribution in [0.4, 0.5) is 4.79 Å². The minimum Gasteiger partial charge on any atom is -0.336 e. The molecule has 1 aromatic rings. The van der Waals surface area contributed by atoms with E-state index in [-0.39, 0.29) is 17.1 Å². The molecule has 1 aliphatic heterocycles. The van der Waals surface area contributed by atoms with E-state index < -0.39 is 0 Å². The van der Waals surface area contributed by atoms with Gasteiger partial charge in [0.05, 0.1) is 5.54 Å². The maximum Gasteiger partial charge on any atom is 0.318 e. The van der Waals surface area contributed by atoms with Crippen molar-refractivity contribution in [3.63, 3.8) is 0 Å². The molecule has 0 bridgehead atoms. The normalized spacial score (nSPS) is 31.9. The van der Waals surface area contributed by atoms with Crippen LogP contribution < -0.4 is 10.6 Å². The summed E-state index contributed by atoms with van der Waals surface area (Å²) in [5, 5.41) is 7.03. The monoisotopic (exact) mass is 355 g/mol. The third kappa shape index (κ3) is 3.13. The van der Waals surface area contributed by atoms with Gasteiger partial charge in [0.15, 0.2) is 0 Å². The number of carbonyl (C=O) groups excluding carboxylic acids is 1. The highest BCUT2D eigenvalue weighted by Gasteiger charge is 2.51. The molecule has 0 atom stereocenters. The van der Waals surface area contributed by atoms with E-state index in [9.17, 15) is 4.79 Å². The highest BCUT2D eigenvalue weighted by molar-refractivity contribution is 5.78. The number of hydrogen-bond acceptors (Lipinski definition) is 2. The van der Waals surface area contributed by atoms with Crippen molar-refractivity contribution >= 4 is 6.03 Å². The van der Waals surface area contributed by atoms with E-state index in [2.05, 4.69) is 52.8 Å². The highest BCUT2D eigenvalue weighted by atomic mass is 16.2. The molecule has 3 fully saturated rings. The summed E-state index contributed by atoms with van der Waals surface area (Å²) in [7, 11) is 0. The number of rotatable bonds is 6. The first kappa shape index (κ1) is 17.8. The molecule has 4 heteroatoms. The summed E-state index contributed by atoms with van der Waals surface area (Å²) in [6.45, 7) is 5.07. The molecule has 1 spiro atoms. The Morgan fingerprint density at radius 1 is 1.15 bits per heavy atom. The van der Waals surface area contributed by atoms with Gasteiger partial charge < -0.3 is 15.5 Å². The Balaban J connectivity index is 1.52. The second kappa shape index (κ2) is 7.22. The van der Waals surface area contributed by atoms with Crippen LogP contribution in [-0.4, -0.2) is 36.1 Å². The second-order valence-corrected chi connectivity index (χ2v) is 8.67. The molecule has 2 amide bonds. The molecule has 2 N–H and O–H groups in total. The Labute approximate surface area is 157 Å². The molecule has 0 aromatic heterocycles. The zero-order valence-corrected chi connectivity index (χ0v) is 16.1. The predicted molar refractivity (Wildman–Crippen MR) is 105 cm³/mol. The topological polar surface area (TPSA) is 44.4 Å². The van der Waals surface area contributed by atoms with Crippen LogP contribution in [0.5, 0.6) is 0 Å². The highest BCUT2D eigenvalue weighted by Crippen LogP contribution is 2.46. The van der Waals surface area contributed by atoms with Crippen LogP contribution in [0.1, 0.15) is 63.9 Å². The largest absolute Gasteiger partial charge is 0.336 e. The fourth-order valence-corrected chi connectivity index (χ4v) is 5.13. The maximum atomic E-state index is 12.5. The average molecular weight is 356 g/mol. The molecule has 4 rings (SSSR count). The molecule has 3 aliphatic rings. The van der Waals surface area contributed by atoms with E-state index in [4.69, 9.17) is 0 Å². The molecule has 2 aliphatic carbocycles. The Bertz CT molecular complexity index is 618. The van der Waals surface area contributed by atoms with Gasteiger partial charge in [0, 0.05) is 18.6 Å². The third-order valence-electron chi connectivity index (χ3n) is 7.13. The number of carbonyl (C=O) groups is 1.